The number of benzene rings is 1. The van der Waals surface area contributed by atoms with Gasteiger partial charge in [0.1, 0.15) is 5.60 Å². The molecule has 0 aliphatic heterocycles. The van der Waals surface area contributed by atoms with Gasteiger partial charge in [-0.2, -0.15) is 11.6 Å². The first-order chi connectivity index (χ1) is 8.37. The van der Waals surface area contributed by atoms with E-state index < -0.39 is 5.60 Å². The summed E-state index contributed by atoms with van der Waals surface area (Å²) in [5, 5.41) is 0. The Morgan fingerprint density at radius 3 is 2.22 bits per heavy atom. The monoisotopic (exact) mass is 378 g/mol. The van der Waals surface area contributed by atoms with E-state index >= 15 is 0 Å². The summed E-state index contributed by atoms with van der Waals surface area (Å²) < 4.78 is 10.6. The van der Waals surface area contributed by atoms with Gasteiger partial charge in [0.15, 0.2) is 0 Å². The molecule has 0 heterocycles. The molecule has 0 N–H and O–H groups in total. The minimum atomic E-state index is -0.469. The molecule has 0 fully saturated rings. The lowest BCUT2D eigenvalue weighted by Crippen LogP contribution is -2.28. The second kappa shape index (κ2) is 6.82. The van der Waals surface area contributed by atoms with Crippen molar-refractivity contribution in [3.05, 3.63) is 29.8 Å². The lowest BCUT2D eigenvalue weighted by Gasteiger charge is -2.19. The number of rotatable bonds is 4. The van der Waals surface area contributed by atoms with Gasteiger partial charge >= 0.3 is 12.2 Å². The third kappa shape index (κ3) is 4.82. The number of carbonyl (C=O) groups excluding carboxylic acids is 1. The first kappa shape index (κ1) is 15.9. The maximum atomic E-state index is 11.8. The molecule has 0 aliphatic carbocycles. The Balaban J connectivity index is 2.79. The molecule has 18 heavy (non-hydrogen) atoms. The number of carbonyl (C=O) groups is 1. The summed E-state index contributed by atoms with van der Waals surface area (Å²) in [6.45, 7) is 5.56. The van der Waals surface area contributed by atoms with Crippen LogP contribution < -0.4 is 5.46 Å². The van der Waals surface area contributed by atoms with E-state index in [0.717, 1.165) is 5.46 Å². The van der Waals surface area contributed by atoms with Crippen molar-refractivity contribution in [3.8, 4) is 0 Å². The Bertz CT molecular complexity index is 399. The summed E-state index contributed by atoms with van der Waals surface area (Å²) in [5.74, 6) is -0.301. The molecular weight excluding hydrogens is 362 g/mol. The molecule has 3 nitrogen and oxygen atoms in total. The lowest BCUT2D eigenvalue weighted by atomic mass is 9.86. The molecule has 1 rings (SSSR count). The molecule has 0 aliphatic rings. The highest BCUT2D eigenvalue weighted by atomic mass is 127. The predicted molar refractivity (Wildman–Crippen MR) is 85.6 cm³/mol. The number of halogens is 1. The van der Waals surface area contributed by atoms with Gasteiger partial charge in [-0.05, 0) is 44.6 Å². The quantitative estimate of drug-likeness (QED) is 0.459. The second-order valence-corrected chi connectivity index (χ2v) is 6.19. The van der Waals surface area contributed by atoms with E-state index in [1.54, 1.807) is 23.7 Å². The van der Waals surface area contributed by atoms with Gasteiger partial charge in [0, 0.05) is 0 Å². The summed E-state index contributed by atoms with van der Waals surface area (Å²) in [7, 11) is 0. The van der Waals surface area contributed by atoms with Crippen LogP contribution in [0.25, 0.3) is 0 Å². The van der Waals surface area contributed by atoms with Gasteiger partial charge in [-0.3, -0.25) is 0 Å². The van der Waals surface area contributed by atoms with Crippen LogP contribution in [0.1, 0.15) is 31.1 Å². The first-order valence-corrected chi connectivity index (χ1v) is 7.68. The predicted octanol–water partition coefficient (Wildman–Crippen LogP) is 3.07. The molecule has 0 saturated heterocycles. The zero-order chi connectivity index (χ0) is 13.8. The molecule has 0 bridgehead atoms. The van der Waals surface area contributed by atoms with Crippen molar-refractivity contribution in [3.63, 3.8) is 0 Å². The highest BCUT2D eigenvalue weighted by Crippen LogP contribution is 2.13. The van der Waals surface area contributed by atoms with E-state index in [-0.39, 0.29) is 12.2 Å². The molecular formula is C12H16BIO3S. The van der Waals surface area contributed by atoms with Crippen LogP contribution in [0, 0.1) is 0 Å². The van der Waals surface area contributed by atoms with Gasteiger partial charge in [-0.25, -0.2) is 4.79 Å². The lowest BCUT2D eigenvalue weighted by molar-refractivity contribution is 0.00696. The SMILES string of the molecule is CSB(OI)c1ccc(C(=O)OC(C)(C)C)cc1. The fourth-order valence-corrected chi connectivity index (χ4v) is 2.76. The van der Waals surface area contributed by atoms with Crippen LogP contribution in [0.5, 0.6) is 0 Å². The Labute approximate surface area is 127 Å². The fourth-order valence-electron chi connectivity index (χ4n) is 1.34. The zero-order valence-corrected chi connectivity index (χ0v) is 13.9. The van der Waals surface area contributed by atoms with Crippen molar-refractivity contribution >= 4 is 52.2 Å². The van der Waals surface area contributed by atoms with E-state index in [1.165, 1.54) is 0 Å². The molecule has 0 atom stereocenters. The second-order valence-electron chi connectivity index (χ2n) is 4.78. The van der Waals surface area contributed by atoms with Crippen molar-refractivity contribution in [1.82, 2.24) is 0 Å². The molecule has 0 spiro atoms. The number of esters is 1. The van der Waals surface area contributed by atoms with Crippen molar-refractivity contribution in [2.45, 2.75) is 26.4 Å². The Kier molecular flexibility index (Phi) is 6.00. The van der Waals surface area contributed by atoms with E-state index in [2.05, 4.69) is 0 Å². The highest BCUT2D eigenvalue weighted by Gasteiger charge is 2.20. The van der Waals surface area contributed by atoms with Crippen LogP contribution >= 0.6 is 34.6 Å². The Morgan fingerprint density at radius 2 is 1.83 bits per heavy atom. The summed E-state index contributed by atoms with van der Waals surface area (Å²) >= 11 is 3.48. The number of hydrogen-bond donors (Lipinski definition) is 0. The van der Waals surface area contributed by atoms with E-state index in [4.69, 9.17) is 7.72 Å². The first-order valence-electron chi connectivity index (χ1n) is 5.51. The van der Waals surface area contributed by atoms with Crippen LogP contribution in [0.3, 0.4) is 0 Å². The third-order valence-corrected chi connectivity index (χ3v) is 3.76. The highest BCUT2D eigenvalue weighted by molar-refractivity contribution is 14.1. The van der Waals surface area contributed by atoms with Gasteiger partial charge < -0.3 is 7.72 Å². The largest absolute Gasteiger partial charge is 0.456 e. The van der Waals surface area contributed by atoms with Gasteiger partial charge in [-0.1, -0.05) is 12.1 Å². The van der Waals surface area contributed by atoms with E-state index in [0.29, 0.717) is 5.56 Å². The minimum absolute atomic E-state index is 0.0155. The van der Waals surface area contributed by atoms with Crippen LogP contribution in [0.2, 0.25) is 0 Å². The van der Waals surface area contributed by atoms with Gasteiger partial charge in [0.25, 0.3) is 0 Å². The van der Waals surface area contributed by atoms with Crippen molar-refractivity contribution in [1.29, 1.82) is 0 Å². The minimum Gasteiger partial charge on any atom is -0.456 e. The third-order valence-electron chi connectivity index (χ3n) is 2.11. The Hall–Kier alpha value is -0.205. The van der Waals surface area contributed by atoms with Crippen molar-refractivity contribution in [2.75, 3.05) is 6.26 Å². The average molecular weight is 378 g/mol. The molecule has 1 aromatic carbocycles. The molecule has 0 unspecified atom stereocenters. The van der Waals surface area contributed by atoms with Crippen LogP contribution in [0.15, 0.2) is 24.3 Å². The van der Waals surface area contributed by atoms with Gasteiger partial charge in [-0.15, -0.1) is 0 Å². The molecule has 1 aromatic rings. The van der Waals surface area contributed by atoms with Crippen molar-refractivity contribution in [2.24, 2.45) is 0 Å². The molecule has 0 amide bonds. The average Bonchev–Trinajstić information content (AvgIpc) is 2.29. The van der Waals surface area contributed by atoms with Crippen LogP contribution in [-0.4, -0.2) is 24.0 Å². The molecule has 0 saturated carbocycles. The summed E-state index contributed by atoms with van der Waals surface area (Å²) in [5.41, 5.74) is 1.12. The number of hydrogen-bond acceptors (Lipinski definition) is 4. The molecule has 0 aromatic heterocycles. The maximum Gasteiger partial charge on any atom is 0.407 e. The van der Waals surface area contributed by atoms with Crippen LogP contribution in [-0.2, 0) is 7.72 Å². The normalized spacial score (nSPS) is 11.2. The summed E-state index contributed by atoms with van der Waals surface area (Å²) in [6, 6.07) is 7.31. The van der Waals surface area contributed by atoms with Crippen molar-refractivity contribution < 1.29 is 12.5 Å². The topological polar surface area (TPSA) is 35.5 Å². The maximum absolute atomic E-state index is 11.8. The number of ether oxygens (including phenoxy) is 1. The fraction of sp³-hybridized carbons (Fsp3) is 0.417. The standard InChI is InChI=1S/C12H16BIO3S/c1-12(2,3)16-11(15)9-5-7-10(8-6-9)13(17-14)18-4/h5-8H,1-4H3. The summed E-state index contributed by atoms with van der Waals surface area (Å²) in [4.78, 5) is 11.8. The molecule has 6 heteroatoms. The van der Waals surface area contributed by atoms with Gasteiger partial charge in [0.2, 0.25) is 0 Å². The Morgan fingerprint density at radius 1 is 1.28 bits per heavy atom. The van der Waals surface area contributed by atoms with Crippen LogP contribution in [0.4, 0.5) is 0 Å². The smallest absolute Gasteiger partial charge is 0.407 e. The zero-order valence-electron chi connectivity index (χ0n) is 10.9. The van der Waals surface area contributed by atoms with E-state index in [1.807, 2.05) is 62.2 Å². The van der Waals surface area contributed by atoms with E-state index in [9.17, 15) is 4.79 Å². The molecule has 98 valence electrons. The molecule has 0 radical (unpaired) electrons. The van der Waals surface area contributed by atoms with Gasteiger partial charge in [0.05, 0.1) is 28.6 Å². The summed E-state index contributed by atoms with van der Waals surface area (Å²) in [6.07, 6.45) is 1.96.